The summed E-state index contributed by atoms with van der Waals surface area (Å²) in [6.45, 7) is 4.68. The number of hydrogen-bond donors (Lipinski definition) is 1. The standard InChI is InChI=1S/C12H17BrFNO/c1-2-15(7-4-8-16)9-10-5-3-6-11(14)12(10)13/h3,5-6,16H,2,4,7-9H2,1H3. The summed E-state index contributed by atoms with van der Waals surface area (Å²) in [5, 5.41) is 8.78. The fourth-order valence-electron chi connectivity index (χ4n) is 1.55. The maximum absolute atomic E-state index is 13.3. The molecule has 0 heterocycles. The van der Waals surface area contributed by atoms with E-state index in [1.807, 2.05) is 6.07 Å². The molecular formula is C12H17BrFNO. The highest BCUT2D eigenvalue weighted by Gasteiger charge is 2.08. The largest absolute Gasteiger partial charge is 0.396 e. The number of hydrogen-bond acceptors (Lipinski definition) is 2. The summed E-state index contributed by atoms with van der Waals surface area (Å²) < 4.78 is 13.8. The van der Waals surface area contributed by atoms with Crippen molar-refractivity contribution in [2.45, 2.75) is 19.9 Å². The Morgan fingerprint density at radius 1 is 1.44 bits per heavy atom. The van der Waals surface area contributed by atoms with E-state index in [1.54, 1.807) is 6.07 Å². The summed E-state index contributed by atoms with van der Waals surface area (Å²) in [4.78, 5) is 2.18. The maximum atomic E-state index is 13.3. The lowest BCUT2D eigenvalue weighted by atomic mass is 10.2. The van der Waals surface area contributed by atoms with Crippen LogP contribution in [-0.2, 0) is 6.54 Å². The SMILES string of the molecule is CCN(CCCO)Cc1cccc(F)c1Br. The van der Waals surface area contributed by atoms with Crippen molar-refractivity contribution in [3.05, 3.63) is 34.1 Å². The van der Waals surface area contributed by atoms with Gasteiger partial charge in [0, 0.05) is 19.7 Å². The molecule has 0 bridgehead atoms. The lowest BCUT2D eigenvalue weighted by molar-refractivity contribution is 0.225. The molecule has 0 aromatic heterocycles. The fraction of sp³-hybridized carbons (Fsp3) is 0.500. The van der Waals surface area contributed by atoms with E-state index in [0.717, 1.165) is 25.1 Å². The molecule has 0 radical (unpaired) electrons. The van der Waals surface area contributed by atoms with Crippen LogP contribution in [0.25, 0.3) is 0 Å². The Hall–Kier alpha value is -0.450. The van der Waals surface area contributed by atoms with E-state index in [1.165, 1.54) is 6.07 Å². The van der Waals surface area contributed by atoms with Gasteiger partial charge < -0.3 is 5.11 Å². The van der Waals surface area contributed by atoms with Crippen LogP contribution in [0, 0.1) is 5.82 Å². The van der Waals surface area contributed by atoms with Crippen LogP contribution in [-0.4, -0.2) is 29.7 Å². The Kier molecular flexibility index (Phi) is 5.95. The minimum atomic E-state index is -0.226. The topological polar surface area (TPSA) is 23.5 Å². The summed E-state index contributed by atoms with van der Waals surface area (Å²) in [5.74, 6) is -0.226. The van der Waals surface area contributed by atoms with Gasteiger partial charge in [-0.25, -0.2) is 4.39 Å². The fourth-order valence-corrected chi connectivity index (χ4v) is 1.94. The summed E-state index contributed by atoms with van der Waals surface area (Å²) in [6.07, 6.45) is 0.751. The average molecular weight is 290 g/mol. The molecule has 1 rings (SSSR count). The molecular weight excluding hydrogens is 273 g/mol. The van der Waals surface area contributed by atoms with E-state index in [2.05, 4.69) is 27.8 Å². The predicted octanol–water partition coefficient (Wildman–Crippen LogP) is 2.79. The van der Waals surface area contributed by atoms with Crippen LogP contribution in [0.15, 0.2) is 22.7 Å². The van der Waals surface area contributed by atoms with Crippen LogP contribution in [0.1, 0.15) is 18.9 Å². The van der Waals surface area contributed by atoms with Crippen molar-refractivity contribution in [3.8, 4) is 0 Å². The maximum Gasteiger partial charge on any atom is 0.137 e. The van der Waals surface area contributed by atoms with Crippen molar-refractivity contribution in [2.24, 2.45) is 0 Å². The molecule has 4 heteroatoms. The Morgan fingerprint density at radius 3 is 2.81 bits per heavy atom. The second-order valence-corrected chi connectivity index (χ2v) is 4.45. The normalized spacial score (nSPS) is 11.1. The molecule has 16 heavy (non-hydrogen) atoms. The third-order valence-corrected chi connectivity index (χ3v) is 3.39. The van der Waals surface area contributed by atoms with Crippen LogP contribution in [0.4, 0.5) is 4.39 Å². The summed E-state index contributed by atoms with van der Waals surface area (Å²) in [7, 11) is 0. The first kappa shape index (κ1) is 13.6. The lowest BCUT2D eigenvalue weighted by Crippen LogP contribution is -2.24. The first-order valence-electron chi connectivity index (χ1n) is 5.45. The van der Waals surface area contributed by atoms with Crippen molar-refractivity contribution in [2.75, 3.05) is 19.7 Å². The Bertz CT molecular complexity index is 333. The summed E-state index contributed by atoms with van der Waals surface area (Å²) in [5.41, 5.74) is 0.944. The minimum absolute atomic E-state index is 0.195. The number of aliphatic hydroxyl groups is 1. The highest BCUT2D eigenvalue weighted by atomic mass is 79.9. The van der Waals surface area contributed by atoms with Gasteiger partial charge >= 0.3 is 0 Å². The molecule has 0 spiro atoms. The molecule has 1 aromatic carbocycles. The highest BCUT2D eigenvalue weighted by Crippen LogP contribution is 2.21. The van der Waals surface area contributed by atoms with E-state index >= 15 is 0 Å². The van der Waals surface area contributed by atoms with E-state index in [-0.39, 0.29) is 12.4 Å². The van der Waals surface area contributed by atoms with E-state index in [4.69, 9.17) is 5.11 Å². The van der Waals surface area contributed by atoms with Gasteiger partial charge in [-0.2, -0.15) is 0 Å². The van der Waals surface area contributed by atoms with Gasteiger partial charge in [0.1, 0.15) is 5.82 Å². The molecule has 0 saturated carbocycles. The van der Waals surface area contributed by atoms with Gasteiger partial charge in [0.25, 0.3) is 0 Å². The van der Waals surface area contributed by atoms with Crippen LogP contribution >= 0.6 is 15.9 Å². The van der Waals surface area contributed by atoms with Gasteiger partial charge in [0.15, 0.2) is 0 Å². The Morgan fingerprint density at radius 2 is 2.19 bits per heavy atom. The van der Waals surface area contributed by atoms with Crippen molar-refractivity contribution in [1.82, 2.24) is 4.90 Å². The van der Waals surface area contributed by atoms with Crippen LogP contribution < -0.4 is 0 Å². The minimum Gasteiger partial charge on any atom is -0.396 e. The van der Waals surface area contributed by atoms with Gasteiger partial charge in [0.05, 0.1) is 4.47 Å². The van der Waals surface area contributed by atoms with E-state index in [0.29, 0.717) is 11.0 Å². The number of aliphatic hydroxyl groups excluding tert-OH is 1. The molecule has 0 aliphatic carbocycles. The first-order valence-corrected chi connectivity index (χ1v) is 6.24. The molecule has 0 aliphatic heterocycles. The lowest BCUT2D eigenvalue weighted by Gasteiger charge is -2.20. The van der Waals surface area contributed by atoms with Gasteiger partial charge in [-0.05, 0) is 40.5 Å². The smallest absolute Gasteiger partial charge is 0.137 e. The van der Waals surface area contributed by atoms with E-state index in [9.17, 15) is 4.39 Å². The second-order valence-electron chi connectivity index (χ2n) is 3.66. The van der Waals surface area contributed by atoms with Gasteiger partial charge in [-0.3, -0.25) is 4.90 Å². The Balaban J connectivity index is 2.66. The number of benzene rings is 1. The predicted molar refractivity (Wildman–Crippen MR) is 66.8 cm³/mol. The average Bonchev–Trinajstić information content (AvgIpc) is 2.30. The molecule has 0 saturated heterocycles. The van der Waals surface area contributed by atoms with Crippen molar-refractivity contribution >= 4 is 15.9 Å². The quantitative estimate of drug-likeness (QED) is 0.871. The first-order chi connectivity index (χ1) is 7.69. The van der Waals surface area contributed by atoms with E-state index < -0.39 is 0 Å². The highest BCUT2D eigenvalue weighted by molar-refractivity contribution is 9.10. The van der Waals surface area contributed by atoms with Gasteiger partial charge in [0.2, 0.25) is 0 Å². The number of rotatable bonds is 6. The zero-order valence-electron chi connectivity index (χ0n) is 9.42. The molecule has 0 atom stereocenters. The van der Waals surface area contributed by atoms with Crippen LogP contribution in [0.3, 0.4) is 0 Å². The van der Waals surface area contributed by atoms with Crippen LogP contribution in [0.2, 0.25) is 0 Å². The zero-order chi connectivity index (χ0) is 12.0. The number of halogens is 2. The molecule has 90 valence electrons. The Labute approximate surface area is 104 Å². The van der Waals surface area contributed by atoms with Crippen molar-refractivity contribution in [1.29, 1.82) is 0 Å². The third-order valence-electron chi connectivity index (χ3n) is 2.51. The molecule has 0 aliphatic rings. The zero-order valence-corrected chi connectivity index (χ0v) is 11.0. The summed E-state index contributed by atoms with van der Waals surface area (Å²) in [6, 6.07) is 5.07. The molecule has 1 N–H and O–H groups in total. The molecule has 1 aromatic rings. The van der Waals surface area contributed by atoms with Crippen molar-refractivity contribution in [3.63, 3.8) is 0 Å². The number of nitrogens with zero attached hydrogens (tertiary/aromatic N) is 1. The third kappa shape index (κ3) is 3.85. The van der Waals surface area contributed by atoms with Gasteiger partial charge in [-0.15, -0.1) is 0 Å². The second kappa shape index (κ2) is 6.99. The summed E-state index contributed by atoms with van der Waals surface area (Å²) >= 11 is 3.25. The van der Waals surface area contributed by atoms with Crippen molar-refractivity contribution < 1.29 is 9.50 Å². The molecule has 2 nitrogen and oxygen atoms in total. The molecule has 0 fully saturated rings. The van der Waals surface area contributed by atoms with Crippen LogP contribution in [0.5, 0.6) is 0 Å². The molecule has 0 amide bonds. The monoisotopic (exact) mass is 289 g/mol. The molecule has 0 unspecified atom stereocenters. The van der Waals surface area contributed by atoms with Gasteiger partial charge in [-0.1, -0.05) is 19.1 Å².